The molecule has 4 heteroatoms. The summed E-state index contributed by atoms with van der Waals surface area (Å²) in [6.07, 6.45) is 0. The molecule has 25 valence electrons. The summed E-state index contributed by atoms with van der Waals surface area (Å²) in [5.74, 6) is 0. The molecule has 0 fully saturated rings. The molecule has 0 unspecified atom stereocenters. The van der Waals surface area contributed by atoms with Crippen LogP contribution < -0.4 is 0 Å². The Labute approximate surface area is 57.4 Å². The second-order valence-corrected chi connectivity index (χ2v) is 0.508. The number of hydrogen-bond donors (Lipinski definition) is 0. The summed E-state index contributed by atoms with van der Waals surface area (Å²) in [4.78, 5) is 0. The van der Waals surface area contributed by atoms with E-state index in [1.54, 1.807) is 0 Å². The Morgan fingerprint density at radius 2 is 1.75 bits per heavy atom. The van der Waals surface area contributed by atoms with Crippen LogP contribution >= 0.6 is 0 Å². The smallest absolute Gasteiger partial charge is 0 e. The van der Waals surface area contributed by atoms with Crippen LogP contribution in [-0.2, 0) is 51.3 Å². The normalized spacial score (nSPS) is 5.00. The van der Waals surface area contributed by atoms with E-state index in [-0.39, 0.29) is 32.7 Å². The standard InChI is InChI=1S/BH2.Cu.O.Y/h1H2;;;/q+1;-1;;. The van der Waals surface area contributed by atoms with Crippen molar-refractivity contribution in [2.24, 2.45) is 0 Å². The fraction of sp³-hybridized carbons (Fsp3) is 0. The van der Waals surface area contributed by atoms with E-state index in [2.05, 4.69) is 0 Å². The average molecular weight is 181 g/mol. The summed E-state index contributed by atoms with van der Waals surface area (Å²) >= 11 is 0.562. The van der Waals surface area contributed by atoms with Crippen molar-refractivity contribution in [1.82, 2.24) is 0 Å². The van der Waals surface area contributed by atoms with Gasteiger partial charge in [0, 0.05) is 32.7 Å². The molecule has 0 spiro atoms. The van der Waals surface area contributed by atoms with E-state index < -0.39 is 0 Å². The molecule has 0 bridgehead atoms. The molecule has 0 aliphatic rings. The van der Waals surface area contributed by atoms with E-state index >= 15 is 0 Å². The van der Waals surface area contributed by atoms with Crippen LogP contribution in [0.1, 0.15) is 0 Å². The van der Waals surface area contributed by atoms with E-state index in [1.807, 2.05) is 0 Å². The van der Waals surface area contributed by atoms with Crippen molar-refractivity contribution in [3.63, 3.8) is 0 Å². The molecule has 0 aliphatic heterocycles. The fourth-order valence-electron chi connectivity index (χ4n) is 0. The summed E-state index contributed by atoms with van der Waals surface area (Å²) in [5.41, 5.74) is 0. The van der Waals surface area contributed by atoms with E-state index in [0.717, 1.165) is 0 Å². The van der Waals surface area contributed by atoms with E-state index in [0.29, 0.717) is 14.7 Å². The van der Waals surface area contributed by atoms with Crippen LogP contribution in [0.5, 0.6) is 0 Å². The molecule has 0 amide bonds. The van der Waals surface area contributed by atoms with E-state index in [9.17, 15) is 0 Å². The van der Waals surface area contributed by atoms with Gasteiger partial charge in [0.15, 0.2) is 0 Å². The largest absolute Gasteiger partial charge is 0 e. The van der Waals surface area contributed by atoms with Crippen molar-refractivity contribution in [3.8, 4) is 0 Å². The Balaban J connectivity index is 0. The minimum atomic E-state index is 0. The molecular weight excluding hydrogens is 179 g/mol. The van der Waals surface area contributed by atoms with Crippen LogP contribution in [0, 0.1) is 0 Å². The second kappa shape index (κ2) is 8.82. The molecule has 0 aromatic rings. The van der Waals surface area contributed by atoms with Crippen molar-refractivity contribution in [2.45, 2.75) is 0 Å². The first-order valence-corrected chi connectivity index (χ1v) is 1.75. The molecule has 0 rings (SSSR count). The molecule has 0 heterocycles. The minimum absolute atomic E-state index is 0. The Morgan fingerprint density at radius 1 is 1.75 bits per heavy atom. The molecule has 0 aromatic carbocycles. The van der Waals surface area contributed by atoms with Crippen molar-refractivity contribution in [3.05, 3.63) is 0 Å². The third-order valence-electron chi connectivity index (χ3n) is 0. The maximum Gasteiger partial charge on any atom is 0 e. The summed E-state index contributed by atoms with van der Waals surface area (Å²) in [6, 6.07) is 0. The van der Waals surface area contributed by atoms with Crippen molar-refractivity contribution in [2.75, 3.05) is 0 Å². The molecule has 0 aromatic heterocycles. The van der Waals surface area contributed by atoms with Gasteiger partial charge in [0.05, 0.1) is 0 Å². The first-order chi connectivity index (χ1) is 1.41. The van der Waals surface area contributed by atoms with Gasteiger partial charge in [-0.15, -0.1) is 0 Å². The zero-order valence-corrected chi connectivity index (χ0v) is 6.07. The van der Waals surface area contributed by atoms with Crippen LogP contribution in [0.25, 0.3) is 0 Å². The Kier molecular flexibility index (Phi) is 20.0. The quantitative estimate of drug-likeness (QED) is 0.436. The zero-order valence-electron chi connectivity index (χ0n) is 2.29. The topological polar surface area (TPSA) is 17.1 Å². The van der Waals surface area contributed by atoms with Crippen molar-refractivity contribution in [1.29, 1.82) is 0 Å². The molecule has 0 N–H and O–H groups in total. The van der Waals surface area contributed by atoms with Gasteiger partial charge in [0.25, 0.3) is 0 Å². The predicted octanol–water partition coefficient (Wildman–Crippen LogP) is -1.04. The summed E-state index contributed by atoms with van der Waals surface area (Å²) < 4.78 is 8.84. The van der Waals surface area contributed by atoms with Crippen LogP contribution in [-0.4, -0.2) is 6.66 Å². The number of hydrogen-bond acceptors (Lipinski definition) is 1. The SMILES string of the molecule is [BH2][Cu]=[O].[Y]. The van der Waals surface area contributed by atoms with Crippen LogP contribution in [0.4, 0.5) is 0 Å². The van der Waals surface area contributed by atoms with Gasteiger partial charge in [0.1, 0.15) is 0 Å². The zero-order chi connectivity index (χ0) is 2.71. The molecular formula is H2BCuOY. The van der Waals surface area contributed by atoms with Crippen LogP contribution in [0.15, 0.2) is 0 Å². The van der Waals surface area contributed by atoms with Crippen molar-refractivity contribution < 1.29 is 51.3 Å². The van der Waals surface area contributed by atoms with E-state index in [4.69, 9.17) is 3.83 Å². The van der Waals surface area contributed by atoms with Gasteiger partial charge in [0.2, 0.25) is 0 Å². The molecule has 1 radical (unpaired) electrons. The second-order valence-electron chi connectivity index (χ2n) is 0.123. The molecule has 0 atom stereocenters. The maximum absolute atomic E-state index is 8.84. The van der Waals surface area contributed by atoms with Gasteiger partial charge in [-0.25, -0.2) is 0 Å². The fourth-order valence-corrected chi connectivity index (χ4v) is 0. The van der Waals surface area contributed by atoms with Gasteiger partial charge < -0.3 is 0 Å². The molecule has 0 saturated carbocycles. The third-order valence-corrected chi connectivity index (χ3v) is 0. The van der Waals surface area contributed by atoms with Gasteiger partial charge in [-0.2, -0.15) is 0 Å². The van der Waals surface area contributed by atoms with Gasteiger partial charge in [-0.05, 0) is 0 Å². The average Bonchev–Trinajstić information content (AvgIpc) is 0.918. The van der Waals surface area contributed by atoms with Crippen LogP contribution in [0.3, 0.4) is 0 Å². The molecule has 0 aliphatic carbocycles. The Bertz CT molecular complexity index is 15.5. The van der Waals surface area contributed by atoms with Gasteiger partial charge >= 0.3 is 25.2 Å². The maximum atomic E-state index is 8.84. The first-order valence-electron chi connectivity index (χ1n) is 0.425. The van der Waals surface area contributed by atoms with Gasteiger partial charge in [-0.1, -0.05) is 0 Å². The first kappa shape index (κ1) is 9.09. The third kappa shape index (κ3) is 9.75. The Hall–Kier alpha value is 1.49. The summed E-state index contributed by atoms with van der Waals surface area (Å²) in [5, 5.41) is 0. The summed E-state index contributed by atoms with van der Waals surface area (Å²) in [6.45, 7) is 1.48. The van der Waals surface area contributed by atoms with Gasteiger partial charge in [-0.3, -0.25) is 0 Å². The monoisotopic (exact) mass is 181 g/mol. The molecule has 4 heavy (non-hydrogen) atoms. The Morgan fingerprint density at radius 3 is 1.75 bits per heavy atom. The molecule has 0 saturated heterocycles. The van der Waals surface area contributed by atoms with Crippen LogP contribution in [0.2, 0.25) is 0 Å². The predicted molar refractivity (Wildman–Crippen MR) is 9.23 cm³/mol. The number of rotatable bonds is 0. The van der Waals surface area contributed by atoms with E-state index in [1.165, 1.54) is 6.66 Å². The summed E-state index contributed by atoms with van der Waals surface area (Å²) in [7, 11) is 0. The minimum Gasteiger partial charge on any atom is 0 e. The molecule has 1 nitrogen and oxygen atoms in total. The van der Waals surface area contributed by atoms with Crippen molar-refractivity contribution >= 4 is 6.66 Å².